The number of rotatable bonds is 15. The van der Waals surface area contributed by atoms with Crippen LogP contribution in [0.2, 0.25) is 0 Å². The Balaban J connectivity index is 1.57. The van der Waals surface area contributed by atoms with Crippen molar-refractivity contribution < 1.29 is 9.47 Å². The molecule has 1 heterocycles. The van der Waals surface area contributed by atoms with Crippen molar-refractivity contribution in [2.45, 2.75) is 78.2 Å². The van der Waals surface area contributed by atoms with Gasteiger partial charge in [-0.15, -0.1) is 0 Å². The lowest BCUT2D eigenvalue weighted by atomic mass is 9.96. The van der Waals surface area contributed by atoms with Crippen LogP contribution in [0.4, 0.5) is 5.69 Å². The molecule has 4 heteroatoms. The van der Waals surface area contributed by atoms with E-state index in [1.165, 1.54) is 44.3 Å². The number of benzene rings is 2. The van der Waals surface area contributed by atoms with Crippen LogP contribution in [0.3, 0.4) is 0 Å². The maximum Gasteiger partial charge on any atom is 0.128 e. The molecule has 0 spiro atoms. The highest BCUT2D eigenvalue weighted by atomic mass is 16.5. The van der Waals surface area contributed by atoms with E-state index in [2.05, 4.69) is 56.0 Å². The first-order valence-electron chi connectivity index (χ1n) is 13.4. The van der Waals surface area contributed by atoms with Crippen LogP contribution in [0.1, 0.15) is 83.3 Å². The molecule has 2 aromatic rings. The van der Waals surface area contributed by atoms with Crippen LogP contribution >= 0.6 is 0 Å². The summed E-state index contributed by atoms with van der Waals surface area (Å²) in [6.45, 7) is 11.0. The van der Waals surface area contributed by atoms with Gasteiger partial charge in [0, 0.05) is 23.4 Å². The predicted molar refractivity (Wildman–Crippen MR) is 145 cm³/mol. The molecule has 0 aromatic heterocycles. The first-order chi connectivity index (χ1) is 16.6. The molecule has 0 saturated carbocycles. The van der Waals surface area contributed by atoms with Gasteiger partial charge in [0.15, 0.2) is 0 Å². The fourth-order valence-electron chi connectivity index (χ4n) is 4.46. The van der Waals surface area contributed by atoms with E-state index in [4.69, 9.17) is 15.2 Å². The third-order valence-corrected chi connectivity index (χ3v) is 6.50. The largest absolute Gasteiger partial charge is 0.494 e. The van der Waals surface area contributed by atoms with Gasteiger partial charge in [0.1, 0.15) is 17.6 Å². The number of hydrogen-bond donors (Lipinski definition) is 1. The molecule has 0 radical (unpaired) electrons. The number of nitrogen functional groups attached to an aromatic ring is 1. The van der Waals surface area contributed by atoms with Gasteiger partial charge < -0.3 is 20.1 Å². The second-order valence-electron chi connectivity index (χ2n) is 9.42. The van der Waals surface area contributed by atoms with E-state index in [0.29, 0.717) is 0 Å². The lowest BCUT2D eigenvalue weighted by Gasteiger charge is -2.21. The van der Waals surface area contributed by atoms with Crippen molar-refractivity contribution in [2.24, 2.45) is 0 Å². The van der Waals surface area contributed by atoms with Gasteiger partial charge in [-0.3, -0.25) is 0 Å². The predicted octanol–water partition coefficient (Wildman–Crippen LogP) is 7.43. The van der Waals surface area contributed by atoms with Crippen LogP contribution in [0.25, 0.3) is 11.6 Å². The lowest BCUT2D eigenvalue weighted by molar-refractivity contribution is 0.229. The quantitative estimate of drug-likeness (QED) is 0.220. The van der Waals surface area contributed by atoms with Crippen LogP contribution in [0.15, 0.2) is 42.5 Å². The van der Waals surface area contributed by atoms with Gasteiger partial charge in [0.25, 0.3) is 0 Å². The molecule has 34 heavy (non-hydrogen) atoms. The Hall–Kier alpha value is -2.46. The number of nitrogens with two attached hydrogens (primary N) is 1. The van der Waals surface area contributed by atoms with Crippen LogP contribution in [-0.4, -0.2) is 37.2 Å². The van der Waals surface area contributed by atoms with Gasteiger partial charge in [-0.05, 0) is 87.2 Å². The number of nitrogens with zero attached hydrogens (tertiary/aromatic N) is 1. The normalized spacial score (nSPS) is 16.1. The molecule has 0 bridgehead atoms. The summed E-state index contributed by atoms with van der Waals surface area (Å²) in [5.74, 6) is 1.87. The van der Waals surface area contributed by atoms with Crippen molar-refractivity contribution in [1.29, 1.82) is 0 Å². The highest BCUT2D eigenvalue weighted by Crippen LogP contribution is 2.41. The Morgan fingerprint density at radius 1 is 0.882 bits per heavy atom. The monoisotopic (exact) mass is 464 g/mol. The van der Waals surface area contributed by atoms with Crippen molar-refractivity contribution in [3.8, 4) is 11.5 Å². The summed E-state index contributed by atoms with van der Waals surface area (Å²) in [5.41, 5.74) is 10.4. The van der Waals surface area contributed by atoms with E-state index in [-0.39, 0.29) is 6.10 Å². The topological polar surface area (TPSA) is 47.7 Å². The average Bonchev–Trinajstić information content (AvgIpc) is 3.18. The van der Waals surface area contributed by atoms with Crippen LogP contribution in [0, 0.1) is 0 Å². The zero-order valence-electron chi connectivity index (χ0n) is 21.5. The molecule has 1 unspecified atom stereocenters. The molecule has 4 nitrogen and oxygen atoms in total. The van der Waals surface area contributed by atoms with Crippen LogP contribution < -0.4 is 15.2 Å². The minimum atomic E-state index is 0.0936. The summed E-state index contributed by atoms with van der Waals surface area (Å²) >= 11 is 0. The highest BCUT2D eigenvalue weighted by molar-refractivity contribution is 5.89. The summed E-state index contributed by atoms with van der Waals surface area (Å²) in [6, 6.07) is 14.4. The van der Waals surface area contributed by atoms with Gasteiger partial charge in [-0.25, -0.2) is 0 Å². The molecule has 2 aromatic carbocycles. The van der Waals surface area contributed by atoms with Crippen molar-refractivity contribution in [3.63, 3.8) is 0 Å². The molecule has 0 saturated heterocycles. The Morgan fingerprint density at radius 3 is 2.24 bits per heavy atom. The zero-order valence-corrected chi connectivity index (χ0v) is 21.5. The van der Waals surface area contributed by atoms with E-state index in [1.54, 1.807) is 0 Å². The number of fused-ring (bicyclic) bond motifs is 1. The van der Waals surface area contributed by atoms with Crippen LogP contribution in [0.5, 0.6) is 11.5 Å². The number of hydrogen-bond acceptors (Lipinski definition) is 4. The summed E-state index contributed by atoms with van der Waals surface area (Å²) < 4.78 is 12.3. The minimum Gasteiger partial charge on any atom is -0.494 e. The smallest absolute Gasteiger partial charge is 0.128 e. The molecule has 3 rings (SSSR count). The van der Waals surface area contributed by atoms with E-state index in [0.717, 1.165) is 67.1 Å². The third-order valence-electron chi connectivity index (χ3n) is 6.50. The number of ether oxygens (including phenoxy) is 2. The van der Waals surface area contributed by atoms with Gasteiger partial charge in [-0.2, -0.15) is 0 Å². The minimum absolute atomic E-state index is 0.0936. The fraction of sp³-hybridized carbons (Fsp3) is 0.533. The molecule has 0 aliphatic carbocycles. The zero-order chi connectivity index (χ0) is 24.2. The Labute approximate surface area is 207 Å². The van der Waals surface area contributed by atoms with Gasteiger partial charge >= 0.3 is 0 Å². The average molecular weight is 465 g/mol. The summed E-state index contributed by atoms with van der Waals surface area (Å²) in [6.07, 6.45) is 11.8. The van der Waals surface area contributed by atoms with Crippen molar-refractivity contribution >= 4 is 17.3 Å². The van der Waals surface area contributed by atoms with Gasteiger partial charge in [0.2, 0.25) is 0 Å². The molecule has 1 aliphatic rings. The second kappa shape index (κ2) is 14.1. The highest BCUT2D eigenvalue weighted by Gasteiger charge is 2.28. The maximum absolute atomic E-state index is 6.25. The first kappa shape index (κ1) is 26.2. The Morgan fingerprint density at radius 2 is 1.56 bits per heavy atom. The Kier molecular flexibility index (Phi) is 10.8. The molecule has 0 fully saturated rings. The van der Waals surface area contributed by atoms with E-state index in [1.807, 2.05) is 18.2 Å². The van der Waals surface area contributed by atoms with Crippen LogP contribution in [-0.2, 0) is 0 Å². The fourth-order valence-corrected chi connectivity index (χ4v) is 4.46. The maximum atomic E-state index is 6.25. The molecule has 2 N–H and O–H groups in total. The molecule has 1 aliphatic heterocycles. The van der Waals surface area contributed by atoms with E-state index in [9.17, 15) is 0 Å². The standard InChI is InChI=1S/C30H44N2O2/c1-4-7-11-29-27(28-23-25(31)14-17-30(28)34-29)22-24-12-15-26(16-13-24)33-21-10-20-32(18-8-5-2)19-9-6-3/h12-17,22-23,29H,4-11,18-21,31H2,1-3H3. The number of anilines is 1. The molecular formula is C30H44N2O2. The summed E-state index contributed by atoms with van der Waals surface area (Å²) in [5, 5.41) is 0. The summed E-state index contributed by atoms with van der Waals surface area (Å²) in [7, 11) is 0. The Bertz CT molecular complexity index is 883. The molecule has 0 amide bonds. The summed E-state index contributed by atoms with van der Waals surface area (Å²) in [4.78, 5) is 2.59. The molecule has 1 atom stereocenters. The SMILES string of the molecule is CCCCC1Oc2ccc(N)cc2C1=Cc1ccc(OCCCN(CCCC)CCCC)cc1. The van der Waals surface area contributed by atoms with E-state index >= 15 is 0 Å². The van der Waals surface area contributed by atoms with Crippen molar-refractivity contribution in [3.05, 3.63) is 53.6 Å². The van der Waals surface area contributed by atoms with E-state index < -0.39 is 0 Å². The van der Waals surface area contributed by atoms with Gasteiger partial charge in [-0.1, -0.05) is 52.2 Å². The first-order valence-corrected chi connectivity index (χ1v) is 13.4. The van der Waals surface area contributed by atoms with Crippen molar-refractivity contribution in [2.75, 3.05) is 32.0 Å². The molecular weight excluding hydrogens is 420 g/mol. The second-order valence-corrected chi connectivity index (χ2v) is 9.42. The lowest BCUT2D eigenvalue weighted by Crippen LogP contribution is -2.28. The van der Waals surface area contributed by atoms with Crippen molar-refractivity contribution in [1.82, 2.24) is 4.90 Å². The third kappa shape index (κ3) is 7.80. The number of unbranched alkanes of at least 4 members (excludes halogenated alkanes) is 3. The molecule has 186 valence electrons. The van der Waals surface area contributed by atoms with Gasteiger partial charge in [0.05, 0.1) is 6.61 Å².